The molecule has 0 aliphatic heterocycles. The Kier molecular flexibility index (Phi) is 4.26. The molecule has 3 rings (SSSR count). The Bertz CT molecular complexity index is 1010. The van der Waals surface area contributed by atoms with E-state index in [1.54, 1.807) is 47.0 Å². The van der Waals surface area contributed by atoms with E-state index in [2.05, 4.69) is 0 Å². The maximum absolute atomic E-state index is 12.4. The molecule has 0 saturated heterocycles. The maximum Gasteiger partial charge on any atom is 0.260 e. The molecule has 116 valence electrons. The van der Waals surface area contributed by atoms with Gasteiger partial charge in [0.05, 0.1) is 11.4 Å². The topological polar surface area (TPSA) is 53.0 Å². The van der Waals surface area contributed by atoms with Gasteiger partial charge in [-0.15, -0.1) is 0 Å². The standard InChI is InChI=1S/C16H11Cl2N3OS/c17-10-3-1-5-12(7-10)20-14(19)9-15(22)21(16(20)23)13-6-2-4-11(18)8-13/h1-9H,19H2. The molecule has 0 unspecified atom stereocenters. The summed E-state index contributed by atoms with van der Waals surface area (Å²) in [7, 11) is 0. The van der Waals surface area contributed by atoms with Gasteiger partial charge in [-0.25, -0.2) is 0 Å². The van der Waals surface area contributed by atoms with Crippen molar-refractivity contribution in [3.05, 3.63) is 79.8 Å². The molecule has 1 heterocycles. The first kappa shape index (κ1) is 15.8. The number of hydrogen-bond acceptors (Lipinski definition) is 3. The zero-order valence-corrected chi connectivity index (χ0v) is 14.1. The molecule has 0 spiro atoms. The zero-order chi connectivity index (χ0) is 16.6. The summed E-state index contributed by atoms with van der Waals surface area (Å²) in [5.41, 5.74) is 6.92. The van der Waals surface area contributed by atoms with Crippen molar-refractivity contribution in [1.82, 2.24) is 9.13 Å². The normalized spacial score (nSPS) is 10.7. The molecule has 2 N–H and O–H groups in total. The second-order valence-electron chi connectivity index (χ2n) is 4.82. The molecule has 0 atom stereocenters. The number of anilines is 1. The third-order valence-corrected chi connectivity index (χ3v) is 4.10. The van der Waals surface area contributed by atoms with Crippen LogP contribution in [0.25, 0.3) is 11.4 Å². The highest BCUT2D eigenvalue weighted by Gasteiger charge is 2.10. The first-order chi connectivity index (χ1) is 11.0. The molecule has 3 aromatic rings. The van der Waals surface area contributed by atoms with Crippen LogP contribution in [0.5, 0.6) is 0 Å². The highest BCUT2D eigenvalue weighted by molar-refractivity contribution is 7.71. The fourth-order valence-electron chi connectivity index (χ4n) is 2.29. The molecule has 0 fully saturated rings. The minimum atomic E-state index is -0.326. The third kappa shape index (κ3) is 3.03. The largest absolute Gasteiger partial charge is 0.385 e. The van der Waals surface area contributed by atoms with E-state index in [1.807, 2.05) is 6.07 Å². The first-order valence-corrected chi connectivity index (χ1v) is 7.80. The van der Waals surface area contributed by atoms with Crippen LogP contribution in [0.4, 0.5) is 5.82 Å². The summed E-state index contributed by atoms with van der Waals surface area (Å²) in [5.74, 6) is 0.237. The SMILES string of the molecule is Nc1cc(=O)n(-c2cccc(Cl)c2)c(=S)n1-c1cccc(Cl)c1. The number of nitrogen functional groups attached to an aromatic ring is 1. The van der Waals surface area contributed by atoms with Crippen molar-refractivity contribution in [2.75, 3.05) is 5.73 Å². The van der Waals surface area contributed by atoms with Gasteiger partial charge < -0.3 is 5.73 Å². The summed E-state index contributed by atoms with van der Waals surface area (Å²) in [6.07, 6.45) is 0. The van der Waals surface area contributed by atoms with Crippen LogP contribution in [-0.4, -0.2) is 9.13 Å². The van der Waals surface area contributed by atoms with Crippen molar-refractivity contribution in [1.29, 1.82) is 0 Å². The van der Waals surface area contributed by atoms with Crippen molar-refractivity contribution in [2.45, 2.75) is 0 Å². The van der Waals surface area contributed by atoms with Crippen molar-refractivity contribution < 1.29 is 0 Å². The van der Waals surface area contributed by atoms with Crippen molar-refractivity contribution in [3.63, 3.8) is 0 Å². The Balaban J connectivity index is 2.34. The Morgan fingerprint density at radius 1 is 0.870 bits per heavy atom. The number of rotatable bonds is 2. The third-order valence-electron chi connectivity index (χ3n) is 3.27. The summed E-state index contributed by atoms with van der Waals surface area (Å²) < 4.78 is 3.20. The molecule has 0 bridgehead atoms. The van der Waals surface area contributed by atoms with Gasteiger partial charge in [-0.1, -0.05) is 35.3 Å². The first-order valence-electron chi connectivity index (χ1n) is 6.64. The second-order valence-corrected chi connectivity index (χ2v) is 6.06. The summed E-state index contributed by atoms with van der Waals surface area (Å²) in [5, 5.41) is 1.05. The van der Waals surface area contributed by atoms with Gasteiger partial charge in [0.1, 0.15) is 5.82 Å². The van der Waals surface area contributed by atoms with Gasteiger partial charge in [0.25, 0.3) is 5.56 Å². The highest BCUT2D eigenvalue weighted by atomic mass is 35.5. The molecular formula is C16H11Cl2N3OS. The lowest BCUT2D eigenvalue weighted by Crippen LogP contribution is -2.24. The summed E-state index contributed by atoms with van der Waals surface area (Å²) in [4.78, 5) is 12.4. The summed E-state index contributed by atoms with van der Waals surface area (Å²) in [6.45, 7) is 0. The summed E-state index contributed by atoms with van der Waals surface area (Å²) >= 11 is 17.5. The Morgan fingerprint density at radius 2 is 1.39 bits per heavy atom. The quantitative estimate of drug-likeness (QED) is 0.692. The van der Waals surface area contributed by atoms with E-state index in [1.165, 1.54) is 10.6 Å². The molecular weight excluding hydrogens is 353 g/mol. The van der Waals surface area contributed by atoms with E-state index < -0.39 is 0 Å². The molecule has 7 heteroatoms. The van der Waals surface area contributed by atoms with Crippen LogP contribution >= 0.6 is 35.4 Å². The van der Waals surface area contributed by atoms with Gasteiger partial charge in [0.15, 0.2) is 4.77 Å². The molecule has 2 aromatic carbocycles. The number of benzene rings is 2. The van der Waals surface area contributed by atoms with Gasteiger partial charge in [0, 0.05) is 16.1 Å². The second kappa shape index (κ2) is 6.20. The predicted octanol–water partition coefficient (Wildman–Crippen LogP) is 4.25. The summed E-state index contributed by atoms with van der Waals surface area (Å²) in [6, 6.07) is 15.3. The Morgan fingerprint density at radius 3 is 1.91 bits per heavy atom. The molecule has 23 heavy (non-hydrogen) atoms. The fourth-order valence-corrected chi connectivity index (χ4v) is 3.06. The smallest absolute Gasteiger partial charge is 0.260 e. The molecule has 4 nitrogen and oxygen atoms in total. The predicted molar refractivity (Wildman–Crippen MR) is 96.6 cm³/mol. The lowest BCUT2D eigenvalue weighted by molar-refractivity contribution is 0.849. The minimum absolute atomic E-state index is 0.236. The van der Waals surface area contributed by atoms with Crippen molar-refractivity contribution in [3.8, 4) is 11.4 Å². The zero-order valence-electron chi connectivity index (χ0n) is 11.7. The van der Waals surface area contributed by atoms with Crippen LogP contribution in [0.2, 0.25) is 10.0 Å². The fraction of sp³-hybridized carbons (Fsp3) is 0. The molecule has 1 aromatic heterocycles. The van der Waals surface area contributed by atoms with Crippen molar-refractivity contribution >= 4 is 41.2 Å². The van der Waals surface area contributed by atoms with Gasteiger partial charge in [-0.05, 0) is 48.6 Å². The number of halogens is 2. The average molecular weight is 364 g/mol. The van der Waals surface area contributed by atoms with E-state index in [0.29, 0.717) is 21.4 Å². The van der Waals surface area contributed by atoms with Crippen molar-refractivity contribution in [2.24, 2.45) is 0 Å². The highest BCUT2D eigenvalue weighted by Crippen LogP contribution is 2.20. The van der Waals surface area contributed by atoms with E-state index >= 15 is 0 Å². The van der Waals surface area contributed by atoms with Crippen LogP contribution in [0.1, 0.15) is 0 Å². The van der Waals surface area contributed by atoms with Gasteiger partial charge in [-0.2, -0.15) is 0 Å². The molecule has 0 aliphatic carbocycles. The van der Waals surface area contributed by atoms with E-state index in [0.717, 1.165) is 0 Å². The number of aromatic nitrogens is 2. The van der Waals surface area contributed by atoms with Gasteiger partial charge in [-0.3, -0.25) is 13.9 Å². The van der Waals surface area contributed by atoms with Crippen LogP contribution in [0.3, 0.4) is 0 Å². The molecule has 0 radical (unpaired) electrons. The minimum Gasteiger partial charge on any atom is -0.385 e. The van der Waals surface area contributed by atoms with E-state index in [9.17, 15) is 4.79 Å². The maximum atomic E-state index is 12.4. The monoisotopic (exact) mass is 363 g/mol. The lowest BCUT2D eigenvalue weighted by Gasteiger charge is -2.15. The Hall–Kier alpha value is -2.08. The molecule has 0 saturated carbocycles. The van der Waals surface area contributed by atoms with E-state index in [-0.39, 0.29) is 16.1 Å². The van der Waals surface area contributed by atoms with Crippen LogP contribution in [0, 0.1) is 4.77 Å². The van der Waals surface area contributed by atoms with Crippen LogP contribution < -0.4 is 11.3 Å². The van der Waals surface area contributed by atoms with Crippen LogP contribution in [0.15, 0.2) is 59.4 Å². The number of nitrogens with two attached hydrogens (primary N) is 1. The van der Waals surface area contributed by atoms with Gasteiger partial charge >= 0.3 is 0 Å². The molecule has 0 aliphatic rings. The Labute approximate surface area is 147 Å². The average Bonchev–Trinajstić information content (AvgIpc) is 2.47. The van der Waals surface area contributed by atoms with Crippen LogP contribution in [-0.2, 0) is 0 Å². The van der Waals surface area contributed by atoms with Gasteiger partial charge in [0.2, 0.25) is 0 Å². The van der Waals surface area contributed by atoms with E-state index in [4.69, 9.17) is 41.2 Å². The number of nitrogens with zero attached hydrogens (tertiary/aromatic N) is 2. The lowest BCUT2D eigenvalue weighted by atomic mass is 10.3. The molecule has 0 amide bonds. The number of hydrogen-bond donors (Lipinski definition) is 1.